The summed E-state index contributed by atoms with van der Waals surface area (Å²) < 4.78 is 0. The van der Waals surface area contributed by atoms with Crippen LogP contribution in [0.15, 0.2) is 72.1 Å². The molecule has 0 aliphatic carbocycles. The number of H-pyrrole nitrogens is 1. The number of nitrogens with one attached hydrogen (secondary N) is 2. The summed E-state index contributed by atoms with van der Waals surface area (Å²) in [4.78, 5) is 21.1. The van der Waals surface area contributed by atoms with Gasteiger partial charge in [0.15, 0.2) is 5.82 Å². The molecule has 1 atom stereocenters. The summed E-state index contributed by atoms with van der Waals surface area (Å²) in [6.07, 6.45) is 3.40. The Kier molecular flexibility index (Phi) is 4.84. The normalized spacial score (nSPS) is 12.0. The third-order valence-electron chi connectivity index (χ3n) is 4.12. The van der Waals surface area contributed by atoms with Gasteiger partial charge in [-0.3, -0.25) is 14.9 Å². The van der Waals surface area contributed by atoms with Gasteiger partial charge in [-0.15, -0.1) is 5.10 Å². The highest BCUT2D eigenvalue weighted by atomic mass is 32.2. The molecule has 0 radical (unpaired) electrons. The van der Waals surface area contributed by atoms with E-state index in [-0.39, 0.29) is 11.2 Å². The Balaban J connectivity index is 1.46. The number of carbonyl (C=O) groups excluding carboxylic acids is 1. The quantitative estimate of drug-likeness (QED) is 0.512. The van der Waals surface area contributed by atoms with E-state index in [4.69, 9.17) is 0 Å². The molecule has 0 aliphatic heterocycles. The first-order valence-corrected chi connectivity index (χ1v) is 9.37. The maximum atomic E-state index is 12.6. The third kappa shape index (κ3) is 3.83. The van der Waals surface area contributed by atoms with Crippen LogP contribution in [0, 0.1) is 0 Å². The molecule has 0 spiro atoms. The lowest BCUT2D eigenvalue weighted by Crippen LogP contribution is -2.22. The van der Waals surface area contributed by atoms with Crippen molar-refractivity contribution in [2.75, 3.05) is 5.32 Å². The number of pyridine rings is 1. The van der Waals surface area contributed by atoms with Crippen molar-refractivity contribution < 1.29 is 4.79 Å². The number of rotatable bonds is 5. The van der Waals surface area contributed by atoms with Gasteiger partial charge in [-0.2, -0.15) is 0 Å². The Morgan fingerprint density at radius 3 is 2.70 bits per heavy atom. The van der Waals surface area contributed by atoms with Gasteiger partial charge in [0, 0.05) is 29.0 Å². The molecule has 0 unspecified atom stereocenters. The molecule has 1 amide bonds. The van der Waals surface area contributed by atoms with Gasteiger partial charge < -0.3 is 5.32 Å². The first kappa shape index (κ1) is 17.2. The zero-order valence-corrected chi connectivity index (χ0v) is 15.4. The smallest absolute Gasteiger partial charge is 0.237 e. The van der Waals surface area contributed by atoms with Crippen LogP contribution < -0.4 is 5.32 Å². The summed E-state index contributed by atoms with van der Waals surface area (Å²) in [5, 5.41) is 12.4. The van der Waals surface area contributed by atoms with Gasteiger partial charge >= 0.3 is 0 Å². The van der Waals surface area contributed by atoms with Crippen molar-refractivity contribution in [1.29, 1.82) is 0 Å². The molecule has 4 aromatic rings. The van der Waals surface area contributed by atoms with Gasteiger partial charge in [0.25, 0.3) is 0 Å². The van der Waals surface area contributed by atoms with E-state index in [9.17, 15) is 4.79 Å². The van der Waals surface area contributed by atoms with E-state index in [2.05, 4.69) is 25.5 Å². The molecule has 2 aromatic carbocycles. The van der Waals surface area contributed by atoms with Gasteiger partial charge in [0.05, 0.1) is 5.25 Å². The molecule has 4 rings (SSSR count). The number of anilines is 1. The SMILES string of the molecule is C[C@@H](Sc1n[nH]c(-c2ccncc2)n1)C(=O)Nc1cccc2ccccc12. The van der Waals surface area contributed by atoms with Gasteiger partial charge in [0.1, 0.15) is 0 Å². The number of hydrogen-bond donors (Lipinski definition) is 2. The fourth-order valence-electron chi connectivity index (χ4n) is 2.72. The van der Waals surface area contributed by atoms with E-state index in [1.165, 1.54) is 11.8 Å². The fourth-order valence-corrected chi connectivity index (χ4v) is 3.44. The summed E-state index contributed by atoms with van der Waals surface area (Å²) in [6.45, 7) is 1.84. The molecule has 2 aromatic heterocycles. The Hall–Kier alpha value is -3.19. The second-order valence-corrected chi connectivity index (χ2v) is 7.29. The van der Waals surface area contributed by atoms with Crippen molar-refractivity contribution in [3.05, 3.63) is 67.0 Å². The maximum absolute atomic E-state index is 12.6. The van der Waals surface area contributed by atoms with Gasteiger partial charge in [0.2, 0.25) is 11.1 Å². The Morgan fingerprint density at radius 1 is 1.07 bits per heavy atom. The molecule has 7 heteroatoms. The van der Waals surface area contributed by atoms with Crippen LogP contribution in [0.2, 0.25) is 0 Å². The highest BCUT2D eigenvalue weighted by molar-refractivity contribution is 8.00. The zero-order chi connectivity index (χ0) is 18.6. The van der Waals surface area contributed by atoms with Crippen molar-refractivity contribution in [2.45, 2.75) is 17.3 Å². The summed E-state index contributed by atoms with van der Waals surface area (Å²) in [6, 6.07) is 17.5. The number of nitrogens with zero attached hydrogens (tertiary/aromatic N) is 3. The molecule has 134 valence electrons. The van der Waals surface area contributed by atoms with Crippen LogP contribution in [0.1, 0.15) is 6.92 Å². The van der Waals surface area contributed by atoms with E-state index in [0.29, 0.717) is 11.0 Å². The fraction of sp³-hybridized carbons (Fsp3) is 0.100. The second-order valence-electron chi connectivity index (χ2n) is 5.98. The van der Waals surface area contributed by atoms with Crippen molar-refractivity contribution in [1.82, 2.24) is 20.2 Å². The monoisotopic (exact) mass is 375 g/mol. The first-order valence-electron chi connectivity index (χ1n) is 8.49. The van der Waals surface area contributed by atoms with Crippen LogP contribution in [0.25, 0.3) is 22.2 Å². The molecule has 0 fully saturated rings. The van der Waals surface area contributed by atoms with Crippen LogP contribution in [-0.4, -0.2) is 31.3 Å². The molecule has 27 heavy (non-hydrogen) atoms. The van der Waals surface area contributed by atoms with Crippen molar-refractivity contribution in [3.63, 3.8) is 0 Å². The highest BCUT2D eigenvalue weighted by Gasteiger charge is 2.18. The number of aromatic nitrogens is 4. The number of carbonyl (C=O) groups is 1. The van der Waals surface area contributed by atoms with Crippen LogP contribution >= 0.6 is 11.8 Å². The number of hydrogen-bond acceptors (Lipinski definition) is 5. The largest absolute Gasteiger partial charge is 0.325 e. The molecular weight excluding hydrogens is 358 g/mol. The minimum Gasteiger partial charge on any atom is -0.325 e. The van der Waals surface area contributed by atoms with Crippen molar-refractivity contribution >= 4 is 34.1 Å². The highest BCUT2D eigenvalue weighted by Crippen LogP contribution is 2.26. The van der Waals surface area contributed by atoms with Gasteiger partial charge in [-0.05, 0) is 30.5 Å². The van der Waals surface area contributed by atoms with Crippen LogP contribution in [0.3, 0.4) is 0 Å². The number of benzene rings is 2. The number of fused-ring (bicyclic) bond motifs is 1. The number of thioether (sulfide) groups is 1. The predicted octanol–water partition coefficient (Wildman–Crippen LogP) is 4.14. The van der Waals surface area contributed by atoms with Crippen LogP contribution in [-0.2, 0) is 4.79 Å². The van der Waals surface area contributed by atoms with E-state index in [1.807, 2.05) is 61.5 Å². The first-order chi connectivity index (χ1) is 13.2. The summed E-state index contributed by atoms with van der Waals surface area (Å²) in [7, 11) is 0. The Labute approximate surface area is 160 Å². The Morgan fingerprint density at radius 2 is 1.85 bits per heavy atom. The standard InChI is InChI=1S/C20H17N5OS/c1-13(27-20-23-18(24-25-20)15-9-11-21-12-10-15)19(26)22-17-8-4-6-14-5-2-3-7-16(14)17/h2-13H,1H3,(H,22,26)(H,23,24,25)/t13-/m1/s1. The van der Waals surface area contributed by atoms with Gasteiger partial charge in [-0.1, -0.05) is 48.2 Å². The van der Waals surface area contributed by atoms with E-state index < -0.39 is 0 Å². The van der Waals surface area contributed by atoms with Crippen molar-refractivity contribution in [2.24, 2.45) is 0 Å². The van der Waals surface area contributed by atoms with Crippen LogP contribution in [0.4, 0.5) is 5.69 Å². The molecule has 2 N–H and O–H groups in total. The molecule has 6 nitrogen and oxygen atoms in total. The summed E-state index contributed by atoms with van der Waals surface area (Å²) >= 11 is 1.31. The predicted molar refractivity (Wildman–Crippen MR) is 108 cm³/mol. The van der Waals surface area contributed by atoms with Crippen molar-refractivity contribution in [3.8, 4) is 11.4 Å². The minimum atomic E-state index is -0.343. The third-order valence-corrected chi connectivity index (χ3v) is 5.08. The summed E-state index contributed by atoms with van der Waals surface area (Å²) in [5.74, 6) is 0.563. The molecule has 0 bridgehead atoms. The lowest BCUT2D eigenvalue weighted by atomic mass is 10.1. The molecule has 2 heterocycles. The Bertz CT molecular complexity index is 1070. The molecular formula is C20H17N5OS. The summed E-state index contributed by atoms with van der Waals surface area (Å²) in [5.41, 5.74) is 1.70. The molecule has 0 saturated heterocycles. The van der Waals surface area contributed by atoms with E-state index in [1.54, 1.807) is 12.4 Å². The number of amides is 1. The molecule has 0 aliphatic rings. The van der Waals surface area contributed by atoms with E-state index >= 15 is 0 Å². The second kappa shape index (κ2) is 7.59. The minimum absolute atomic E-state index is 0.0911. The maximum Gasteiger partial charge on any atom is 0.237 e. The molecule has 0 saturated carbocycles. The van der Waals surface area contributed by atoms with Gasteiger partial charge in [-0.25, -0.2) is 4.98 Å². The zero-order valence-electron chi connectivity index (χ0n) is 14.6. The number of aromatic amines is 1. The van der Waals surface area contributed by atoms with E-state index in [0.717, 1.165) is 22.0 Å². The van der Waals surface area contributed by atoms with Crippen LogP contribution in [0.5, 0.6) is 0 Å². The topological polar surface area (TPSA) is 83.6 Å². The lowest BCUT2D eigenvalue weighted by Gasteiger charge is -2.12. The average Bonchev–Trinajstić information content (AvgIpc) is 3.17. The lowest BCUT2D eigenvalue weighted by molar-refractivity contribution is -0.115. The average molecular weight is 375 g/mol.